The van der Waals surface area contributed by atoms with E-state index in [0.717, 1.165) is 15.9 Å². The number of nitrogens with zero attached hydrogens (tertiary/aromatic N) is 2. The summed E-state index contributed by atoms with van der Waals surface area (Å²) >= 11 is 3.36. The highest BCUT2D eigenvalue weighted by Gasteiger charge is 2.31. The first-order chi connectivity index (χ1) is 8.43. The van der Waals surface area contributed by atoms with Gasteiger partial charge in [0.15, 0.2) is 9.84 Å². The van der Waals surface area contributed by atoms with Gasteiger partial charge in [0.2, 0.25) is 0 Å². The van der Waals surface area contributed by atoms with Gasteiger partial charge in [-0.05, 0) is 28.4 Å². The van der Waals surface area contributed by atoms with Crippen LogP contribution in [0.3, 0.4) is 0 Å². The van der Waals surface area contributed by atoms with Crippen LogP contribution in [0.15, 0.2) is 16.7 Å². The van der Waals surface area contributed by atoms with Crippen LogP contribution in [-0.2, 0) is 16.4 Å². The second-order valence-electron chi connectivity index (χ2n) is 4.51. The van der Waals surface area contributed by atoms with Crippen molar-refractivity contribution in [2.45, 2.75) is 19.0 Å². The van der Waals surface area contributed by atoms with Gasteiger partial charge in [0, 0.05) is 35.9 Å². The van der Waals surface area contributed by atoms with Crippen LogP contribution in [0.4, 0.5) is 5.82 Å². The Balaban J connectivity index is 2.26. The molecule has 18 heavy (non-hydrogen) atoms. The first kappa shape index (κ1) is 13.8. The molecule has 1 aliphatic rings. The van der Waals surface area contributed by atoms with Crippen LogP contribution < -0.4 is 10.6 Å². The summed E-state index contributed by atoms with van der Waals surface area (Å²) in [5, 5.41) is 0. The smallest absolute Gasteiger partial charge is 0.152 e. The van der Waals surface area contributed by atoms with E-state index < -0.39 is 9.84 Å². The van der Waals surface area contributed by atoms with Crippen molar-refractivity contribution in [3.8, 4) is 0 Å². The quantitative estimate of drug-likeness (QED) is 0.890. The summed E-state index contributed by atoms with van der Waals surface area (Å²) in [4.78, 5) is 6.28. The molecule has 1 aliphatic heterocycles. The van der Waals surface area contributed by atoms with Gasteiger partial charge in [0.25, 0.3) is 0 Å². The van der Waals surface area contributed by atoms with Gasteiger partial charge < -0.3 is 10.6 Å². The van der Waals surface area contributed by atoms with E-state index >= 15 is 0 Å². The lowest BCUT2D eigenvalue weighted by Gasteiger charge is -2.26. The lowest BCUT2D eigenvalue weighted by atomic mass is 10.2. The van der Waals surface area contributed by atoms with E-state index in [1.807, 2.05) is 18.0 Å². The van der Waals surface area contributed by atoms with Gasteiger partial charge in [-0.15, -0.1) is 0 Å². The first-order valence-corrected chi connectivity index (χ1v) is 8.32. The minimum atomic E-state index is -2.89. The van der Waals surface area contributed by atoms with E-state index in [2.05, 4.69) is 20.9 Å². The van der Waals surface area contributed by atoms with Crippen molar-refractivity contribution >= 4 is 31.6 Å². The summed E-state index contributed by atoms with van der Waals surface area (Å²) in [5.74, 6) is 1.23. The maximum Gasteiger partial charge on any atom is 0.152 e. The Morgan fingerprint density at radius 2 is 2.33 bits per heavy atom. The van der Waals surface area contributed by atoms with Crippen molar-refractivity contribution in [1.82, 2.24) is 4.98 Å². The lowest BCUT2D eigenvalue weighted by molar-refractivity contribution is 0.600. The van der Waals surface area contributed by atoms with Gasteiger partial charge in [-0.1, -0.05) is 0 Å². The molecule has 2 heterocycles. The molecule has 1 aromatic heterocycles. The molecule has 1 fully saturated rings. The number of nitrogens with two attached hydrogens (primary N) is 1. The van der Waals surface area contributed by atoms with E-state index in [4.69, 9.17) is 5.73 Å². The molecule has 0 aromatic carbocycles. The molecule has 7 heteroatoms. The van der Waals surface area contributed by atoms with Crippen molar-refractivity contribution in [2.24, 2.45) is 5.73 Å². The highest BCUT2D eigenvalue weighted by Crippen LogP contribution is 2.25. The number of halogens is 1. The molecular formula is C11H16BrN3O2S. The van der Waals surface area contributed by atoms with E-state index in [0.29, 0.717) is 13.0 Å². The highest BCUT2D eigenvalue weighted by molar-refractivity contribution is 9.10. The van der Waals surface area contributed by atoms with Crippen LogP contribution in [-0.4, -0.2) is 38.0 Å². The standard InChI is InChI=1S/C11H16BrN3O2S/c1-15(10-2-3-18(16,17)7-10)11-8(5-13)4-9(12)6-14-11/h4,6,10H,2-3,5,7,13H2,1H3. The zero-order chi connectivity index (χ0) is 13.3. The molecular weight excluding hydrogens is 318 g/mol. The molecule has 1 unspecified atom stereocenters. The maximum atomic E-state index is 11.5. The second-order valence-corrected chi connectivity index (χ2v) is 7.65. The predicted molar refractivity (Wildman–Crippen MR) is 75.3 cm³/mol. The Hall–Kier alpha value is -0.660. The normalized spacial score (nSPS) is 22.1. The highest BCUT2D eigenvalue weighted by atomic mass is 79.9. The number of anilines is 1. The van der Waals surface area contributed by atoms with Crippen molar-refractivity contribution in [1.29, 1.82) is 0 Å². The van der Waals surface area contributed by atoms with Gasteiger partial charge >= 0.3 is 0 Å². The Bertz CT molecular complexity index is 547. The topological polar surface area (TPSA) is 76.3 Å². The molecule has 0 aliphatic carbocycles. The van der Waals surface area contributed by atoms with Gasteiger partial charge in [0.1, 0.15) is 5.82 Å². The summed E-state index contributed by atoms with van der Waals surface area (Å²) in [7, 11) is -1.01. The average Bonchev–Trinajstić information content (AvgIpc) is 2.68. The fraction of sp³-hybridized carbons (Fsp3) is 0.545. The number of aromatic nitrogens is 1. The van der Waals surface area contributed by atoms with Crippen LogP contribution in [0.25, 0.3) is 0 Å². The van der Waals surface area contributed by atoms with Crippen LogP contribution >= 0.6 is 15.9 Å². The number of hydrogen-bond donors (Lipinski definition) is 1. The molecule has 5 nitrogen and oxygen atoms in total. The molecule has 0 spiro atoms. The minimum Gasteiger partial charge on any atom is -0.355 e. The average molecular weight is 334 g/mol. The second kappa shape index (κ2) is 5.14. The largest absolute Gasteiger partial charge is 0.355 e. The summed E-state index contributed by atoms with van der Waals surface area (Å²) in [5.41, 5.74) is 6.62. The monoisotopic (exact) mass is 333 g/mol. The third kappa shape index (κ3) is 2.84. The molecule has 0 bridgehead atoms. The number of pyridine rings is 1. The molecule has 1 atom stereocenters. The molecule has 0 radical (unpaired) electrons. The SMILES string of the molecule is CN(c1ncc(Br)cc1CN)C1CCS(=O)(=O)C1. The molecule has 0 amide bonds. The molecule has 1 aromatic rings. The van der Waals surface area contributed by atoms with E-state index in [-0.39, 0.29) is 17.5 Å². The molecule has 0 saturated carbocycles. The lowest BCUT2D eigenvalue weighted by Crippen LogP contribution is -2.34. The first-order valence-electron chi connectivity index (χ1n) is 5.70. The summed E-state index contributed by atoms with van der Waals surface area (Å²) in [6.07, 6.45) is 2.36. The summed E-state index contributed by atoms with van der Waals surface area (Å²) in [6.45, 7) is 0.381. The van der Waals surface area contributed by atoms with Crippen molar-refractivity contribution in [3.05, 3.63) is 22.3 Å². The molecule has 1 saturated heterocycles. The Morgan fingerprint density at radius 1 is 1.61 bits per heavy atom. The van der Waals surface area contributed by atoms with Crippen molar-refractivity contribution < 1.29 is 8.42 Å². The van der Waals surface area contributed by atoms with Crippen molar-refractivity contribution in [2.75, 3.05) is 23.5 Å². The third-order valence-corrected chi connectivity index (χ3v) is 5.40. The maximum absolute atomic E-state index is 11.5. The van der Waals surface area contributed by atoms with E-state index in [9.17, 15) is 8.42 Å². The molecule has 2 rings (SSSR count). The summed E-state index contributed by atoms with van der Waals surface area (Å²) in [6, 6.07) is 1.91. The van der Waals surface area contributed by atoms with Gasteiger partial charge in [-0.25, -0.2) is 13.4 Å². The Labute approximate surface area is 115 Å². The molecule has 100 valence electrons. The predicted octanol–water partition coefficient (Wildman–Crippen LogP) is 0.926. The fourth-order valence-corrected chi connectivity index (χ4v) is 4.35. The van der Waals surface area contributed by atoms with Gasteiger partial charge in [-0.2, -0.15) is 0 Å². The van der Waals surface area contributed by atoms with Crippen LogP contribution in [0.5, 0.6) is 0 Å². The minimum absolute atomic E-state index is 0.00558. The number of hydrogen-bond acceptors (Lipinski definition) is 5. The van der Waals surface area contributed by atoms with Gasteiger partial charge in [0.05, 0.1) is 11.5 Å². The zero-order valence-electron chi connectivity index (χ0n) is 10.1. The number of sulfone groups is 1. The van der Waals surface area contributed by atoms with Crippen LogP contribution in [0.1, 0.15) is 12.0 Å². The van der Waals surface area contributed by atoms with Gasteiger partial charge in [-0.3, -0.25) is 0 Å². The van der Waals surface area contributed by atoms with E-state index in [1.54, 1.807) is 6.20 Å². The fourth-order valence-electron chi connectivity index (χ4n) is 2.20. The van der Waals surface area contributed by atoms with Crippen LogP contribution in [0.2, 0.25) is 0 Å². The zero-order valence-corrected chi connectivity index (χ0v) is 12.5. The van der Waals surface area contributed by atoms with Crippen molar-refractivity contribution in [3.63, 3.8) is 0 Å². The van der Waals surface area contributed by atoms with Crippen LogP contribution in [0, 0.1) is 0 Å². The van der Waals surface area contributed by atoms with E-state index in [1.165, 1.54) is 0 Å². The third-order valence-electron chi connectivity index (χ3n) is 3.22. The Kier molecular flexibility index (Phi) is 3.93. The summed E-state index contributed by atoms with van der Waals surface area (Å²) < 4.78 is 23.9. The number of rotatable bonds is 3. The Morgan fingerprint density at radius 3 is 2.89 bits per heavy atom. The molecule has 2 N–H and O–H groups in total.